The number of rotatable bonds is 9. The molecule has 0 saturated carbocycles. The van der Waals surface area contributed by atoms with Crippen LogP contribution in [0.2, 0.25) is 0 Å². The molecule has 1 unspecified atom stereocenters. The van der Waals surface area contributed by atoms with Gasteiger partial charge in [0.05, 0.1) is 26.4 Å². The van der Waals surface area contributed by atoms with Crippen molar-refractivity contribution in [2.75, 3.05) is 18.5 Å². The number of hydrogen-bond donors (Lipinski definition) is 4. The summed E-state index contributed by atoms with van der Waals surface area (Å²) in [6.07, 6.45) is 0.416. The predicted molar refractivity (Wildman–Crippen MR) is 105 cm³/mol. The zero-order chi connectivity index (χ0) is 20.6. The Balaban J connectivity index is 2.60. The van der Waals surface area contributed by atoms with Gasteiger partial charge in [0.25, 0.3) is 0 Å². The van der Waals surface area contributed by atoms with Crippen LogP contribution in [0.5, 0.6) is 0 Å². The summed E-state index contributed by atoms with van der Waals surface area (Å²) in [5.74, 6) is -1.45. The maximum atomic E-state index is 12.4. The quantitative estimate of drug-likeness (QED) is 0.475. The van der Waals surface area contributed by atoms with Crippen LogP contribution in [-0.4, -0.2) is 49.9 Å². The molecule has 3 amide bonds. The third-order valence-electron chi connectivity index (χ3n) is 4.14. The number of nitrogens with one attached hydrogen (secondary N) is 3. The Hall–Kier alpha value is -2.35. The summed E-state index contributed by atoms with van der Waals surface area (Å²) in [5.41, 5.74) is 0.549. The Morgan fingerprint density at radius 3 is 2.22 bits per heavy atom. The lowest BCUT2D eigenvalue weighted by atomic mass is 9.92. The normalized spacial score (nSPS) is 12.4. The maximum absolute atomic E-state index is 12.4. The molecular formula is C19H28BN3O4. The molecule has 0 aliphatic rings. The minimum atomic E-state index is -1.000. The molecule has 0 bridgehead atoms. The second kappa shape index (κ2) is 10.1. The molecule has 1 aromatic carbocycles. The van der Waals surface area contributed by atoms with E-state index >= 15 is 0 Å². The van der Waals surface area contributed by atoms with Gasteiger partial charge in [-0.15, -0.1) is 0 Å². The van der Waals surface area contributed by atoms with Crippen molar-refractivity contribution >= 4 is 31.3 Å². The van der Waals surface area contributed by atoms with Crippen molar-refractivity contribution < 1.29 is 19.5 Å². The first-order chi connectivity index (χ1) is 12.6. The highest BCUT2D eigenvalue weighted by Crippen LogP contribution is 2.15. The largest absolute Gasteiger partial charge is 0.395 e. The van der Waals surface area contributed by atoms with Crippen LogP contribution in [0.1, 0.15) is 33.3 Å². The standard InChI is InChI=1S/C19H28BN3O4/c1-12(2)16(23-18(27)19(3,4)11-24)17(26)21-10-15(25)22-14-7-5-13(9-20)6-8-14/h5-8,12,16,24H,9-11H2,1-4H3,(H,21,26)(H,22,25)(H,23,27). The molecule has 0 aromatic heterocycles. The SMILES string of the molecule is [B]Cc1ccc(NC(=O)CNC(=O)C(NC(=O)C(C)(C)CO)C(C)C)cc1. The number of carbonyl (C=O) groups is 3. The van der Waals surface area contributed by atoms with Crippen LogP contribution in [0.4, 0.5) is 5.69 Å². The third-order valence-corrected chi connectivity index (χ3v) is 4.14. The van der Waals surface area contributed by atoms with E-state index in [0.717, 1.165) is 5.56 Å². The summed E-state index contributed by atoms with van der Waals surface area (Å²) >= 11 is 0. The molecule has 0 fully saturated rings. The lowest BCUT2D eigenvalue weighted by Gasteiger charge is -2.27. The molecule has 8 heteroatoms. The zero-order valence-corrected chi connectivity index (χ0v) is 16.3. The third kappa shape index (κ3) is 7.05. The van der Waals surface area contributed by atoms with Gasteiger partial charge in [0, 0.05) is 5.69 Å². The summed E-state index contributed by atoms with van der Waals surface area (Å²) < 4.78 is 0. The highest BCUT2D eigenvalue weighted by atomic mass is 16.3. The van der Waals surface area contributed by atoms with Crippen LogP contribution >= 0.6 is 0 Å². The van der Waals surface area contributed by atoms with E-state index in [9.17, 15) is 19.5 Å². The first kappa shape index (κ1) is 22.7. The van der Waals surface area contributed by atoms with Crippen molar-refractivity contribution in [3.8, 4) is 0 Å². The van der Waals surface area contributed by atoms with Gasteiger partial charge in [0.2, 0.25) is 17.7 Å². The van der Waals surface area contributed by atoms with Crippen molar-refractivity contribution in [2.24, 2.45) is 11.3 Å². The number of benzene rings is 1. The van der Waals surface area contributed by atoms with Crippen LogP contribution in [-0.2, 0) is 20.7 Å². The molecule has 146 valence electrons. The fourth-order valence-corrected chi connectivity index (χ4v) is 2.15. The lowest BCUT2D eigenvalue weighted by Crippen LogP contribution is -2.54. The Kier molecular flexibility index (Phi) is 8.50. The molecule has 0 saturated heterocycles. The number of carbonyl (C=O) groups excluding carboxylic acids is 3. The average molecular weight is 373 g/mol. The summed E-state index contributed by atoms with van der Waals surface area (Å²) in [5, 5.41) is 17.1. The second-order valence-electron chi connectivity index (χ2n) is 7.40. The van der Waals surface area contributed by atoms with E-state index in [2.05, 4.69) is 16.0 Å². The van der Waals surface area contributed by atoms with E-state index in [-0.39, 0.29) is 25.0 Å². The van der Waals surface area contributed by atoms with Gasteiger partial charge in [-0.3, -0.25) is 14.4 Å². The van der Waals surface area contributed by atoms with Crippen LogP contribution < -0.4 is 16.0 Å². The number of anilines is 1. The Bertz CT molecular complexity index is 659. The van der Waals surface area contributed by atoms with Gasteiger partial charge in [0.15, 0.2) is 0 Å². The highest BCUT2D eigenvalue weighted by molar-refractivity contribution is 6.08. The highest BCUT2D eigenvalue weighted by Gasteiger charge is 2.32. The van der Waals surface area contributed by atoms with Gasteiger partial charge in [-0.25, -0.2) is 0 Å². The van der Waals surface area contributed by atoms with E-state index in [1.54, 1.807) is 52.0 Å². The first-order valence-electron chi connectivity index (χ1n) is 8.89. The van der Waals surface area contributed by atoms with Crippen molar-refractivity contribution in [3.63, 3.8) is 0 Å². The van der Waals surface area contributed by atoms with E-state index in [1.165, 1.54) is 0 Å². The van der Waals surface area contributed by atoms with Gasteiger partial charge in [-0.05, 0) is 31.9 Å². The van der Waals surface area contributed by atoms with Gasteiger partial charge < -0.3 is 21.1 Å². The minimum absolute atomic E-state index is 0.185. The fraction of sp³-hybridized carbons (Fsp3) is 0.526. The first-order valence-corrected chi connectivity index (χ1v) is 8.89. The second-order valence-corrected chi connectivity index (χ2v) is 7.40. The van der Waals surface area contributed by atoms with Crippen molar-refractivity contribution in [1.82, 2.24) is 10.6 Å². The average Bonchev–Trinajstić information content (AvgIpc) is 2.64. The number of aliphatic hydroxyl groups excluding tert-OH is 1. The Morgan fingerprint density at radius 2 is 1.74 bits per heavy atom. The van der Waals surface area contributed by atoms with Gasteiger partial charge >= 0.3 is 0 Å². The molecule has 0 aliphatic heterocycles. The molecule has 0 aliphatic carbocycles. The molecule has 1 rings (SSSR count). The molecule has 1 aromatic rings. The van der Waals surface area contributed by atoms with Crippen LogP contribution in [0.25, 0.3) is 0 Å². The topological polar surface area (TPSA) is 108 Å². The molecule has 27 heavy (non-hydrogen) atoms. The number of hydrogen-bond acceptors (Lipinski definition) is 4. The summed E-state index contributed by atoms with van der Waals surface area (Å²) in [6.45, 7) is 6.18. The van der Waals surface area contributed by atoms with Gasteiger partial charge in [-0.1, -0.05) is 37.9 Å². The molecule has 1 atom stereocenters. The molecule has 0 heterocycles. The smallest absolute Gasteiger partial charge is 0.243 e. The summed E-state index contributed by atoms with van der Waals surface area (Å²) in [7, 11) is 5.53. The Labute approximate surface area is 161 Å². The van der Waals surface area contributed by atoms with Crippen molar-refractivity contribution in [3.05, 3.63) is 29.8 Å². The minimum Gasteiger partial charge on any atom is -0.395 e. The van der Waals surface area contributed by atoms with Crippen LogP contribution in [0.15, 0.2) is 24.3 Å². The van der Waals surface area contributed by atoms with Crippen LogP contribution in [0, 0.1) is 11.3 Å². The van der Waals surface area contributed by atoms with Crippen LogP contribution in [0.3, 0.4) is 0 Å². The van der Waals surface area contributed by atoms with E-state index in [0.29, 0.717) is 12.0 Å². The molecule has 4 N–H and O–H groups in total. The maximum Gasteiger partial charge on any atom is 0.243 e. The Morgan fingerprint density at radius 1 is 1.15 bits per heavy atom. The summed E-state index contributed by atoms with van der Waals surface area (Å²) in [4.78, 5) is 36.6. The molecule has 2 radical (unpaired) electrons. The monoisotopic (exact) mass is 373 g/mol. The number of amides is 3. The van der Waals surface area contributed by atoms with Crippen molar-refractivity contribution in [1.29, 1.82) is 0 Å². The summed E-state index contributed by atoms with van der Waals surface area (Å²) in [6, 6.07) is 6.27. The van der Waals surface area contributed by atoms with E-state index in [4.69, 9.17) is 7.85 Å². The number of aliphatic hydroxyl groups is 1. The molecular weight excluding hydrogens is 345 g/mol. The van der Waals surface area contributed by atoms with E-state index in [1.807, 2.05) is 0 Å². The zero-order valence-electron chi connectivity index (χ0n) is 16.3. The van der Waals surface area contributed by atoms with Crippen molar-refractivity contribution in [2.45, 2.75) is 40.1 Å². The predicted octanol–water partition coefficient (Wildman–Crippen LogP) is 0.569. The van der Waals surface area contributed by atoms with E-state index < -0.39 is 23.3 Å². The lowest BCUT2D eigenvalue weighted by molar-refractivity contribution is -0.136. The van der Waals surface area contributed by atoms with Gasteiger partial charge in [0.1, 0.15) is 6.04 Å². The van der Waals surface area contributed by atoms with Gasteiger partial charge in [-0.2, -0.15) is 0 Å². The molecule has 0 spiro atoms. The molecule has 7 nitrogen and oxygen atoms in total. The fourth-order valence-electron chi connectivity index (χ4n) is 2.15.